The first-order valence-corrected chi connectivity index (χ1v) is 34.6. The smallest absolute Gasteiger partial charge is 0.335 e. The largest absolute Gasteiger partial charge is 0.479 e. The molecule has 0 aromatic rings. The summed E-state index contributed by atoms with van der Waals surface area (Å²) in [6.45, 7) is 6.01. The molecule has 0 bridgehead atoms. The number of aliphatic carboxylic acids is 1. The Balaban J connectivity index is 2.63. The topological polar surface area (TPSA) is 175 Å². The van der Waals surface area contributed by atoms with Crippen molar-refractivity contribution in [3.05, 3.63) is 48.6 Å². The summed E-state index contributed by atoms with van der Waals surface area (Å²) in [6, 6.07) is 0. The second-order valence-electron chi connectivity index (χ2n) is 23.8. The van der Waals surface area contributed by atoms with Crippen molar-refractivity contribution in [3.63, 3.8) is 0 Å². The number of carbonyl (C=O) groups excluding carboxylic acids is 3. The summed E-state index contributed by atoms with van der Waals surface area (Å²) >= 11 is 0. The number of carbonyl (C=O) groups is 4. The summed E-state index contributed by atoms with van der Waals surface area (Å²) in [5.74, 6) is -3.10. The fraction of sp³-hybridized carbons (Fsp3) is 0.831. The fourth-order valence-electron chi connectivity index (χ4n) is 10.5. The van der Waals surface area contributed by atoms with Crippen molar-refractivity contribution in [1.29, 1.82) is 0 Å². The maximum atomic E-state index is 13.2. The van der Waals surface area contributed by atoms with E-state index in [0.29, 0.717) is 19.3 Å². The van der Waals surface area contributed by atoms with E-state index in [2.05, 4.69) is 69.4 Å². The monoisotopic (exact) mass is 1170 g/mol. The van der Waals surface area contributed by atoms with Gasteiger partial charge in [0.25, 0.3) is 0 Å². The molecule has 3 N–H and O–H groups in total. The first-order valence-electron chi connectivity index (χ1n) is 34.6. The van der Waals surface area contributed by atoms with E-state index in [9.17, 15) is 34.5 Å². The predicted molar refractivity (Wildman–Crippen MR) is 340 cm³/mol. The Bertz CT molecular complexity index is 1630. The van der Waals surface area contributed by atoms with Crippen molar-refractivity contribution in [3.8, 4) is 0 Å². The zero-order chi connectivity index (χ0) is 60.3. The number of aliphatic hydroxyl groups excluding tert-OH is 2. The van der Waals surface area contributed by atoms with Crippen molar-refractivity contribution in [2.75, 3.05) is 13.2 Å². The number of hydrogen-bond donors (Lipinski definition) is 3. The Kier molecular flexibility index (Phi) is 55.3. The molecule has 1 rings (SSSR count). The van der Waals surface area contributed by atoms with E-state index in [0.717, 1.165) is 103 Å². The van der Waals surface area contributed by atoms with Crippen LogP contribution in [0.1, 0.15) is 329 Å². The summed E-state index contributed by atoms with van der Waals surface area (Å²) in [7, 11) is 0. The van der Waals surface area contributed by atoms with Gasteiger partial charge in [-0.3, -0.25) is 14.4 Å². The van der Waals surface area contributed by atoms with Crippen molar-refractivity contribution in [2.45, 2.75) is 366 Å². The van der Waals surface area contributed by atoms with Gasteiger partial charge < -0.3 is 39.0 Å². The molecule has 1 saturated heterocycles. The van der Waals surface area contributed by atoms with Crippen LogP contribution in [0.5, 0.6) is 0 Å². The summed E-state index contributed by atoms with van der Waals surface area (Å²) in [6.07, 6.45) is 60.6. The van der Waals surface area contributed by atoms with Crippen LogP contribution in [-0.4, -0.2) is 89.2 Å². The van der Waals surface area contributed by atoms with E-state index >= 15 is 0 Å². The number of carboxylic acids is 1. The molecule has 1 aliphatic rings. The maximum absolute atomic E-state index is 13.2. The van der Waals surface area contributed by atoms with Gasteiger partial charge in [0, 0.05) is 19.3 Å². The first-order chi connectivity index (χ1) is 40.6. The third kappa shape index (κ3) is 48.5. The molecule has 6 unspecified atom stereocenters. The molecule has 0 spiro atoms. The van der Waals surface area contributed by atoms with Gasteiger partial charge >= 0.3 is 23.9 Å². The van der Waals surface area contributed by atoms with E-state index < -0.39 is 67.3 Å². The highest BCUT2D eigenvalue weighted by Gasteiger charge is 2.50. The van der Waals surface area contributed by atoms with Crippen LogP contribution in [0.2, 0.25) is 0 Å². The molecule has 12 heteroatoms. The standard InChI is InChI=1S/C71H126O12/c1-4-7-10-13-16-19-22-25-28-30-32-34-37-39-42-45-48-51-54-57-63(72)79-60-62(81-64(73)58-55-52-49-46-43-40-36-27-24-21-18-15-12-9-6-3)61-80-71-69(67(76)66(75)68(83-71)70(77)78)82-65(74)59-56-53-50-47-44-41-38-35-33-31-29-26-23-20-17-14-11-8-5-2/h16,19,25-26,28-29,32,34,62,66-69,71,75-76H,4-15,17-18,20-24,27,30-31,33,35-61H2,1-3H3,(H,77,78)/b19-16-,28-25-,29-26-,34-32-. The highest BCUT2D eigenvalue weighted by Crippen LogP contribution is 2.27. The minimum Gasteiger partial charge on any atom is -0.479 e. The van der Waals surface area contributed by atoms with Crippen LogP contribution in [0.15, 0.2) is 48.6 Å². The van der Waals surface area contributed by atoms with Crippen molar-refractivity contribution in [1.82, 2.24) is 0 Å². The van der Waals surface area contributed by atoms with Gasteiger partial charge in [-0.25, -0.2) is 4.79 Å². The molecule has 0 aromatic heterocycles. The van der Waals surface area contributed by atoms with Gasteiger partial charge in [-0.05, 0) is 83.5 Å². The van der Waals surface area contributed by atoms with Crippen molar-refractivity contribution < 1.29 is 58.2 Å². The summed E-state index contributed by atoms with van der Waals surface area (Å²) in [5, 5.41) is 31.7. The Morgan fingerprint density at radius 3 is 1.13 bits per heavy atom. The molecule has 1 aliphatic heterocycles. The lowest BCUT2D eigenvalue weighted by molar-refractivity contribution is -0.301. The highest BCUT2D eigenvalue weighted by molar-refractivity contribution is 5.74. The van der Waals surface area contributed by atoms with Gasteiger partial charge in [0.15, 0.2) is 24.6 Å². The van der Waals surface area contributed by atoms with Gasteiger partial charge in [-0.15, -0.1) is 0 Å². The number of unbranched alkanes of at least 4 members (excludes halogenated alkanes) is 38. The van der Waals surface area contributed by atoms with Crippen LogP contribution in [0.25, 0.3) is 0 Å². The molecule has 0 aliphatic carbocycles. The molecule has 0 amide bonds. The molecule has 0 radical (unpaired) electrons. The van der Waals surface area contributed by atoms with Crippen LogP contribution in [0.3, 0.4) is 0 Å². The first kappa shape index (κ1) is 77.7. The Hall–Kier alpha value is -3.32. The van der Waals surface area contributed by atoms with Crippen molar-refractivity contribution >= 4 is 23.9 Å². The molecule has 6 atom stereocenters. The van der Waals surface area contributed by atoms with Crippen LogP contribution >= 0.6 is 0 Å². The lowest BCUT2D eigenvalue weighted by atomic mass is 9.98. The maximum Gasteiger partial charge on any atom is 0.335 e. The highest BCUT2D eigenvalue weighted by atomic mass is 16.7. The molecule has 482 valence electrons. The molecule has 1 fully saturated rings. The number of rotatable bonds is 60. The normalized spacial score (nSPS) is 17.8. The van der Waals surface area contributed by atoms with Gasteiger partial charge in [0.2, 0.25) is 0 Å². The van der Waals surface area contributed by atoms with Crippen LogP contribution in [0.4, 0.5) is 0 Å². The summed E-state index contributed by atoms with van der Waals surface area (Å²) in [4.78, 5) is 51.4. The van der Waals surface area contributed by atoms with E-state index in [-0.39, 0.29) is 25.9 Å². The molecule has 0 saturated carbocycles. The number of carboxylic acid groups (broad SMARTS) is 1. The molecule has 83 heavy (non-hydrogen) atoms. The Labute approximate surface area is 507 Å². The number of ether oxygens (including phenoxy) is 5. The van der Waals surface area contributed by atoms with E-state index in [1.165, 1.54) is 167 Å². The zero-order valence-corrected chi connectivity index (χ0v) is 53.5. The molecular formula is C71H126O12. The second-order valence-corrected chi connectivity index (χ2v) is 23.8. The van der Waals surface area contributed by atoms with Gasteiger partial charge in [0.1, 0.15) is 18.8 Å². The number of hydrogen-bond acceptors (Lipinski definition) is 11. The number of aliphatic hydroxyl groups is 2. The lowest BCUT2D eigenvalue weighted by Gasteiger charge is -2.40. The van der Waals surface area contributed by atoms with Crippen LogP contribution < -0.4 is 0 Å². The average Bonchev–Trinajstić information content (AvgIpc) is 3.57. The number of allylic oxidation sites excluding steroid dienone is 8. The quantitative estimate of drug-likeness (QED) is 0.0228. The van der Waals surface area contributed by atoms with Crippen molar-refractivity contribution in [2.24, 2.45) is 0 Å². The Morgan fingerprint density at radius 1 is 0.398 bits per heavy atom. The fourth-order valence-corrected chi connectivity index (χ4v) is 10.5. The van der Waals surface area contributed by atoms with Crippen LogP contribution in [0, 0.1) is 0 Å². The summed E-state index contributed by atoms with van der Waals surface area (Å²) < 4.78 is 28.6. The third-order valence-corrected chi connectivity index (χ3v) is 15.9. The zero-order valence-electron chi connectivity index (χ0n) is 53.5. The van der Waals surface area contributed by atoms with E-state index in [1.807, 2.05) is 0 Å². The molecule has 1 heterocycles. The van der Waals surface area contributed by atoms with E-state index in [4.69, 9.17) is 23.7 Å². The number of esters is 3. The third-order valence-electron chi connectivity index (χ3n) is 15.9. The lowest BCUT2D eigenvalue weighted by Crippen LogP contribution is -2.61. The van der Waals surface area contributed by atoms with Gasteiger partial charge in [-0.2, -0.15) is 0 Å². The minimum atomic E-state index is -1.90. The van der Waals surface area contributed by atoms with Crippen LogP contribution in [-0.2, 0) is 42.9 Å². The SMILES string of the molecule is CCCCC/C=C\C/C=C\C/C=C\CCCCCCCCC(=O)OCC(COC1OC(C(=O)O)C(O)C(O)C1OC(=O)CCCCCCCCCCC/C=C\CCCCCCCC)OC(=O)CCCCCCCCCCCCCCCCC. The second kappa shape index (κ2) is 59.0. The predicted octanol–water partition coefficient (Wildman–Crippen LogP) is 18.9. The molecular weight excluding hydrogens is 1040 g/mol. The summed E-state index contributed by atoms with van der Waals surface area (Å²) in [5.41, 5.74) is 0. The Morgan fingerprint density at radius 2 is 0.723 bits per heavy atom. The minimum absolute atomic E-state index is 0.0596. The molecule has 0 aromatic carbocycles. The van der Waals surface area contributed by atoms with Gasteiger partial charge in [-0.1, -0.05) is 275 Å². The average molecular weight is 1170 g/mol. The van der Waals surface area contributed by atoms with E-state index in [1.54, 1.807) is 0 Å². The molecule has 12 nitrogen and oxygen atoms in total. The van der Waals surface area contributed by atoms with Gasteiger partial charge in [0.05, 0.1) is 6.61 Å².